The Morgan fingerprint density at radius 1 is 1.11 bits per heavy atom. The van der Waals surface area contributed by atoms with E-state index in [1.807, 2.05) is 44.1 Å². The first-order chi connectivity index (χ1) is 12.9. The lowest BCUT2D eigenvalue weighted by Crippen LogP contribution is -2.35. The molecule has 0 spiro atoms. The molecule has 0 aliphatic carbocycles. The van der Waals surface area contributed by atoms with Crippen molar-refractivity contribution in [3.63, 3.8) is 0 Å². The maximum atomic E-state index is 13.1. The average molecular weight is 370 g/mol. The Bertz CT molecular complexity index is 785. The number of aryl methyl sites for hydroxylation is 1. The lowest BCUT2D eigenvalue weighted by Gasteiger charge is -2.23. The Balaban J connectivity index is 2.17. The minimum atomic E-state index is -0.281. The van der Waals surface area contributed by atoms with Crippen LogP contribution in [0.4, 0.5) is 4.39 Å². The smallest absolute Gasteiger partial charge is 0.246 e. The van der Waals surface area contributed by atoms with Crippen LogP contribution in [0.3, 0.4) is 0 Å². The zero-order chi connectivity index (χ0) is 19.8. The van der Waals surface area contributed by atoms with Crippen molar-refractivity contribution in [3.8, 4) is 5.75 Å². The molecule has 27 heavy (non-hydrogen) atoms. The Morgan fingerprint density at radius 2 is 1.81 bits per heavy atom. The van der Waals surface area contributed by atoms with E-state index in [4.69, 9.17) is 4.74 Å². The second-order valence-corrected chi connectivity index (χ2v) is 6.77. The highest BCUT2D eigenvalue weighted by atomic mass is 19.1. The molecule has 0 unspecified atom stereocenters. The van der Waals surface area contributed by atoms with Gasteiger partial charge in [-0.1, -0.05) is 23.8 Å². The summed E-state index contributed by atoms with van der Waals surface area (Å²) >= 11 is 0. The summed E-state index contributed by atoms with van der Waals surface area (Å²) in [5.74, 6) is 0.351. The van der Waals surface area contributed by atoms with Crippen LogP contribution in [0, 0.1) is 12.7 Å². The lowest BCUT2D eigenvalue weighted by molar-refractivity contribution is -0.126. The van der Waals surface area contributed by atoms with Gasteiger partial charge in [-0.15, -0.1) is 0 Å². The van der Waals surface area contributed by atoms with Crippen LogP contribution in [-0.2, 0) is 11.3 Å². The van der Waals surface area contributed by atoms with E-state index in [-0.39, 0.29) is 11.7 Å². The molecule has 0 aliphatic rings. The van der Waals surface area contributed by atoms with E-state index in [1.54, 1.807) is 36.3 Å². The van der Waals surface area contributed by atoms with Gasteiger partial charge in [-0.25, -0.2) is 4.39 Å². The highest BCUT2D eigenvalue weighted by molar-refractivity contribution is 5.92. The van der Waals surface area contributed by atoms with Crippen molar-refractivity contribution in [2.45, 2.75) is 13.5 Å². The summed E-state index contributed by atoms with van der Waals surface area (Å²) in [7, 11) is 5.55. The largest absolute Gasteiger partial charge is 0.496 e. The van der Waals surface area contributed by atoms with Crippen molar-refractivity contribution in [3.05, 3.63) is 71.0 Å². The van der Waals surface area contributed by atoms with Gasteiger partial charge >= 0.3 is 0 Å². The molecule has 2 aromatic carbocycles. The quantitative estimate of drug-likeness (QED) is 0.664. The second kappa shape index (κ2) is 9.88. The highest BCUT2D eigenvalue weighted by Gasteiger charge is 2.12. The monoisotopic (exact) mass is 370 g/mol. The SMILES string of the molecule is COc1ccc(C)cc1C=CC(=O)N(CCN(C)C)Cc1ccc(F)cc1. The number of amides is 1. The fraction of sp³-hybridized carbons (Fsp3) is 0.318. The van der Waals surface area contributed by atoms with Gasteiger partial charge in [0, 0.05) is 31.3 Å². The first-order valence-electron chi connectivity index (χ1n) is 8.90. The molecule has 0 fully saturated rings. The molecule has 5 heteroatoms. The van der Waals surface area contributed by atoms with Gasteiger partial charge in [0.05, 0.1) is 7.11 Å². The molecule has 0 saturated carbocycles. The molecular formula is C22H27FN2O2. The van der Waals surface area contributed by atoms with Crippen molar-refractivity contribution < 1.29 is 13.9 Å². The number of benzene rings is 2. The third-order valence-corrected chi connectivity index (χ3v) is 4.21. The number of carbonyl (C=O) groups is 1. The van der Waals surface area contributed by atoms with E-state index in [0.29, 0.717) is 13.1 Å². The fourth-order valence-electron chi connectivity index (χ4n) is 2.65. The van der Waals surface area contributed by atoms with Gasteiger partial charge in [0.15, 0.2) is 0 Å². The molecule has 0 heterocycles. The average Bonchev–Trinajstić information content (AvgIpc) is 2.64. The molecule has 4 nitrogen and oxygen atoms in total. The Morgan fingerprint density at radius 3 is 2.44 bits per heavy atom. The second-order valence-electron chi connectivity index (χ2n) is 6.77. The molecular weight excluding hydrogens is 343 g/mol. The number of methoxy groups -OCH3 is 1. The number of halogens is 1. The summed E-state index contributed by atoms with van der Waals surface area (Å²) in [6.07, 6.45) is 3.35. The molecule has 0 aromatic heterocycles. The molecule has 0 bridgehead atoms. The minimum Gasteiger partial charge on any atom is -0.496 e. The molecule has 0 saturated heterocycles. The number of nitrogens with zero attached hydrogens (tertiary/aromatic N) is 2. The maximum absolute atomic E-state index is 13.1. The standard InChI is InChI=1S/C22H27FN2O2/c1-17-5-11-21(27-4)19(15-17)8-12-22(26)25(14-13-24(2)3)16-18-6-9-20(23)10-7-18/h5-12,15H,13-14,16H2,1-4H3. The number of rotatable bonds is 8. The van der Waals surface area contributed by atoms with Gasteiger partial charge in [-0.3, -0.25) is 4.79 Å². The number of ether oxygens (including phenoxy) is 1. The molecule has 2 aromatic rings. The topological polar surface area (TPSA) is 32.8 Å². The van der Waals surface area contributed by atoms with Crippen LogP contribution in [0.15, 0.2) is 48.5 Å². The third-order valence-electron chi connectivity index (χ3n) is 4.21. The predicted octanol–water partition coefficient (Wildman–Crippen LogP) is 3.75. The summed E-state index contributed by atoms with van der Waals surface area (Å²) in [6.45, 7) is 3.76. The van der Waals surface area contributed by atoms with Crippen molar-refractivity contribution in [2.24, 2.45) is 0 Å². The first-order valence-corrected chi connectivity index (χ1v) is 8.90. The van der Waals surface area contributed by atoms with Gasteiger partial charge in [-0.05, 0) is 56.9 Å². The number of hydrogen-bond acceptors (Lipinski definition) is 3. The summed E-state index contributed by atoms with van der Waals surface area (Å²) in [5.41, 5.74) is 2.85. The Labute approximate surface area is 160 Å². The van der Waals surface area contributed by atoms with Crippen LogP contribution >= 0.6 is 0 Å². The number of carbonyl (C=O) groups excluding carboxylic acids is 1. The Kier molecular flexibility index (Phi) is 7.55. The van der Waals surface area contributed by atoms with E-state index in [1.165, 1.54) is 12.1 Å². The lowest BCUT2D eigenvalue weighted by atomic mass is 10.1. The van der Waals surface area contributed by atoms with Gasteiger partial charge in [0.1, 0.15) is 11.6 Å². The zero-order valence-electron chi connectivity index (χ0n) is 16.4. The van der Waals surface area contributed by atoms with Crippen molar-refractivity contribution >= 4 is 12.0 Å². The van der Waals surface area contributed by atoms with Gasteiger partial charge < -0.3 is 14.5 Å². The van der Waals surface area contributed by atoms with E-state index >= 15 is 0 Å². The van der Waals surface area contributed by atoms with Crippen LogP contribution in [0.2, 0.25) is 0 Å². The summed E-state index contributed by atoms with van der Waals surface area (Å²) in [4.78, 5) is 16.6. The fourth-order valence-corrected chi connectivity index (χ4v) is 2.65. The zero-order valence-corrected chi connectivity index (χ0v) is 16.4. The van der Waals surface area contributed by atoms with Gasteiger partial charge in [0.2, 0.25) is 5.91 Å². The van der Waals surface area contributed by atoms with Crippen LogP contribution < -0.4 is 4.74 Å². The van der Waals surface area contributed by atoms with Crippen LogP contribution in [0.25, 0.3) is 6.08 Å². The number of hydrogen-bond donors (Lipinski definition) is 0. The van der Waals surface area contributed by atoms with Gasteiger partial charge in [-0.2, -0.15) is 0 Å². The summed E-state index contributed by atoms with van der Waals surface area (Å²) < 4.78 is 18.5. The highest BCUT2D eigenvalue weighted by Crippen LogP contribution is 2.21. The third kappa shape index (κ3) is 6.53. The summed E-state index contributed by atoms with van der Waals surface area (Å²) in [6, 6.07) is 12.1. The molecule has 2 rings (SSSR count). The van der Waals surface area contributed by atoms with E-state index in [0.717, 1.165) is 29.0 Å². The van der Waals surface area contributed by atoms with Crippen molar-refractivity contribution in [1.29, 1.82) is 0 Å². The van der Waals surface area contributed by atoms with E-state index < -0.39 is 0 Å². The molecule has 0 radical (unpaired) electrons. The normalized spacial score (nSPS) is 11.2. The number of likely N-dealkylation sites (N-methyl/N-ethyl adjacent to an activating group) is 1. The molecule has 144 valence electrons. The Hall–Kier alpha value is -2.66. The molecule has 1 amide bonds. The van der Waals surface area contributed by atoms with Crippen LogP contribution in [0.1, 0.15) is 16.7 Å². The maximum Gasteiger partial charge on any atom is 0.246 e. The van der Waals surface area contributed by atoms with Crippen LogP contribution in [-0.4, -0.2) is 50.0 Å². The summed E-state index contributed by atoms with van der Waals surface area (Å²) in [5, 5.41) is 0. The van der Waals surface area contributed by atoms with Gasteiger partial charge in [0.25, 0.3) is 0 Å². The van der Waals surface area contributed by atoms with E-state index in [9.17, 15) is 9.18 Å². The molecule has 0 N–H and O–H groups in total. The van der Waals surface area contributed by atoms with E-state index in [2.05, 4.69) is 0 Å². The first kappa shape index (κ1) is 20.6. The predicted molar refractivity (Wildman–Crippen MR) is 107 cm³/mol. The molecule has 0 aliphatic heterocycles. The van der Waals surface area contributed by atoms with Crippen LogP contribution in [0.5, 0.6) is 5.75 Å². The van der Waals surface area contributed by atoms with Crippen molar-refractivity contribution in [1.82, 2.24) is 9.80 Å². The minimum absolute atomic E-state index is 0.0928. The molecule has 0 atom stereocenters. The van der Waals surface area contributed by atoms with Crippen molar-refractivity contribution in [2.75, 3.05) is 34.3 Å².